The van der Waals surface area contributed by atoms with Gasteiger partial charge in [0.1, 0.15) is 11.5 Å². The summed E-state index contributed by atoms with van der Waals surface area (Å²) in [6, 6.07) is 18.3. The van der Waals surface area contributed by atoms with Gasteiger partial charge >= 0.3 is 5.97 Å². The largest absolute Gasteiger partial charge is 0.494 e. The van der Waals surface area contributed by atoms with Gasteiger partial charge in [0, 0.05) is 5.56 Å². The molecule has 0 bridgehead atoms. The molecule has 0 aliphatic heterocycles. The molecule has 32 heavy (non-hydrogen) atoms. The van der Waals surface area contributed by atoms with E-state index in [1.54, 1.807) is 30.3 Å². The maximum absolute atomic E-state index is 12.7. The number of benzene rings is 3. The van der Waals surface area contributed by atoms with Crippen molar-refractivity contribution in [2.24, 2.45) is 0 Å². The van der Waals surface area contributed by atoms with Crippen molar-refractivity contribution < 1.29 is 19.1 Å². The Morgan fingerprint density at radius 2 is 1.53 bits per heavy atom. The summed E-state index contributed by atoms with van der Waals surface area (Å²) in [5.41, 5.74) is 5.64. The fourth-order valence-electron chi connectivity index (χ4n) is 3.92. The molecule has 162 valence electrons. The zero-order valence-corrected chi connectivity index (χ0v) is 18.2. The second-order valence-corrected chi connectivity index (χ2v) is 7.91. The van der Waals surface area contributed by atoms with Gasteiger partial charge in [-0.05, 0) is 89.7 Å². The molecule has 0 aromatic heterocycles. The number of hydrogen-bond donors (Lipinski definition) is 0. The monoisotopic (exact) mass is 426 g/mol. The Morgan fingerprint density at radius 3 is 2.25 bits per heavy atom. The van der Waals surface area contributed by atoms with E-state index in [0.29, 0.717) is 16.9 Å². The van der Waals surface area contributed by atoms with Crippen LogP contribution in [0.4, 0.5) is 0 Å². The minimum Gasteiger partial charge on any atom is -0.494 e. The van der Waals surface area contributed by atoms with E-state index >= 15 is 0 Å². The number of esters is 1. The molecule has 0 saturated carbocycles. The van der Waals surface area contributed by atoms with Gasteiger partial charge in [-0.2, -0.15) is 0 Å². The normalized spacial score (nSPS) is 11.4. The third kappa shape index (κ3) is 4.65. The van der Waals surface area contributed by atoms with Crippen molar-refractivity contribution in [2.75, 3.05) is 6.61 Å². The molecule has 0 amide bonds. The van der Waals surface area contributed by atoms with Gasteiger partial charge in [-0.15, -0.1) is 0 Å². The molecule has 4 nitrogen and oxygen atoms in total. The average molecular weight is 427 g/mol. The maximum atomic E-state index is 12.7. The van der Waals surface area contributed by atoms with E-state index in [4.69, 9.17) is 9.47 Å². The summed E-state index contributed by atoms with van der Waals surface area (Å²) >= 11 is 0. The predicted molar refractivity (Wildman–Crippen MR) is 126 cm³/mol. The highest BCUT2D eigenvalue weighted by atomic mass is 16.5. The lowest BCUT2D eigenvalue weighted by Gasteiger charge is -2.08. The van der Waals surface area contributed by atoms with Crippen LogP contribution in [0.5, 0.6) is 11.5 Å². The molecule has 0 atom stereocenters. The zero-order chi connectivity index (χ0) is 22.5. The number of unbranched alkanes of at least 4 members (excludes halogenated alkanes) is 2. The van der Waals surface area contributed by atoms with Crippen LogP contribution >= 0.6 is 0 Å². The number of fused-ring (bicyclic) bond motifs is 3. The zero-order valence-electron chi connectivity index (χ0n) is 18.2. The molecular weight excluding hydrogens is 400 g/mol. The second-order valence-electron chi connectivity index (χ2n) is 7.91. The summed E-state index contributed by atoms with van der Waals surface area (Å²) < 4.78 is 11.4. The lowest BCUT2D eigenvalue weighted by Crippen LogP contribution is -2.09. The van der Waals surface area contributed by atoms with Gasteiger partial charge < -0.3 is 9.47 Å². The van der Waals surface area contributed by atoms with Gasteiger partial charge in [-0.1, -0.05) is 38.5 Å². The Morgan fingerprint density at radius 1 is 0.875 bits per heavy atom. The Hall–Kier alpha value is -3.66. The van der Waals surface area contributed by atoms with E-state index in [9.17, 15) is 9.59 Å². The Labute approximate surface area is 188 Å². The lowest BCUT2D eigenvalue weighted by molar-refractivity contribution is 0.0734. The van der Waals surface area contributed by atoms with E-state index in [1.165, 1.54) is 30.0 Å². The minimum absolute atomic E-state index is 0.171. The van der Waals surface area contributed by atoms with Crippen LogP contribution in [-0.4, -0.2) is 18.4 Å². The predicted octanol–water partition coefficient (Wildman–Crippen LogP) is 6.41. The van der Waals surface area contributed by atoms with Crippen molar-refractivity contribution in [3.8, 4) is 22.6 Å². The molecule has 0 heterocycles. The van der Waals surface area contributed by atoms with Crippen LogP contribution in [-0.2, 0) is 6.42 Å². The smallest absolute Gasteiger partial charge is 0.343 e. The summed E-state index contributed by atoms with van der Waals surface area (Å²) in [4.78, 5) is 24.3. The molecule has 0 spiro atoms. The number of ether oxygens (including phenoxy) is 2. The molecule has 3 aromatic rings. The first-order valence-electron chi connectivity index (χ1n) is 11.0. The fourth-order valence-corrected chi connectivity index (χ4v) is 3.92. The summed E-state index contributed by atoms with van der Waals surface area (Å²) in [6.45, 7) is 6.39. The molecule has 0 fully saturated rings. The fraction of sp³-hybridized carbons (Fsp3) is 0.214. The third-order valence-electron chi connectivity index (χ3n) is 5.64. The third-order valence-corrected chi connectivity index (χ3v) is 5.64. The molecule has 0 radical (unpaired) electrons. The summed E-state index contributed by atoms with van der Waals surface area (Å²) in [6.07, 6.45) is 5.42. The van der Waals surface area contributed by atoms with Crippen molar-refractivity contribution in [1.82, 2.24) is 0 Å². The second kappa shape index (κ2) is 9.65. The van der Waals surface area contributed by atoms with Crippen molar-refractivity contribution in [3.05, 3.63) is 95.6 Å². The van der Waals surface area contributed by atoms with Gasteiger partial charge in [0.15, 0.2) is 5.78 Å². The molecule has 4 heteroatoms. The van der Waals surface area contributed by atoms with Crippen LogP contribution in [0, 0.1) is 0 Å². The van der Waals surface area contributed by atoms with E-state index in [0.717, 1.165) is 36.3 Å². The van der Waals surface area contributed by atoms with Crippen LogP contribution < -0.4 is 9.47 Å². The quantitative estimate of drug-likeness (QED) is 0.102. The van der Waals surface area contributed by atoms with Crippen LogP contribution in [0.2, 0.25) is 0 Å². The van der Waals surface area contributed by atoms with Crippen molar-refractivity contribution in [3.63, 3.8) is 0 Å². The van der Waals surface area contributed by atoms with E-state index in [-0.39, 0.29) is 5.78 Å². The Balaban J connectivity index is 1.44. The lowest BCUT2D eigenvalue weighted by atomic mass is 10.0. The highest BCUT2D eigenvalue weighted by Crippen LogP contribution is 2.39. The summed E-state index contributed by atoms with van der Waals surface area (Å²) in [7, 11) is 0. The van der Waals surface area contributed by atoms with Crippen LogP contribution in [0.3, 0.4) is 0 Å². The van der Waals surface area contributed by atoms with E-state index in [1.807, 2.05) is 18.2 Å². The van der Waals surface area contributed by atoms with E-state index in [2.05, 4.69) is 25.6 Å². The molecular formula is C28H26O4. The van der Waals surface area contributed by atoms with E-state index < -0.39 is 5.97 Å². The molecule has 3 aromatic carbocycles. The number of hydrogen-bond acceptors (Lipinski definition) is 4. The maximum Gasteiger partial charge on any atom is 0.343 e. The van der Waals surface area contributed by atoms with Gasteiger partial charge in [-0.3, -0.25) is 4.79 Å². The van der Waals surface area contributed by atoms with Crippen molar-refractivity contribution in [2.45, 2.75) is 32.6 Å². The van der Waals surface area contributed by atoms with Gasteiger partial charge in [0.2, 0.25) is 0 Å². The Kier molecular flexibility index (Phi) is 6.50. The highest BCUT2D eigenvalue weighted by Gasteiger charge is 2.21. The molecule has 1 aliphatic rings. The standard InChI is InChI=1S/C28H26O4/c1-3-5-6-15-31-24-12-14-26-22(18-24)17-21-16-20(9-13-25(21)26)28(30)32-23-10-7-19(8-11-23)27(29)4-2/h4,7-14,16,18H,2-3,5-6,15,17H2,1H3. The van der Waals surface area contributed by atoms with Crippen molar-refractivity contribution in [1.29, 1.82) is 0 Å². The number of allylic oxidation sites excluding steroid dienone is 1. The van der Waals surface area contributed by atoms with Crippen LogP contribution in [0.25, 0.3) is 11.1 Å². The first-order chi connectivity index (χ1) is 15.6. The van der Waals surface area contributed by atoms with Crippen LogP contribution in [0.1, 0.15) is 58.0 Å². The number of ketones is 1. The van der Waals surface area contributed by atoms with Crippen molar-refractivity contribution >= 4 is 11.8 Å². The highest BCUT2D eigenvalue weighted by molar-refractivity contribution is 6.04. The average Bonchev–Trinajstić information content (AvgIpc) is 3.18. The van der Waals surface area contributed by atoms with Gasteiger partial charge in [0.25, 0.3) is 0 Å². The topological polar surface area (TPSA) is 52.6 Å². The first-order valence-corrected chi connectivity index (χ1v) is 11.0. The molecule has 4 rings (SSSR count). The molecule has 1 aliphatic carbocycles. The molecule has 0 saturated heterocycles. The number of carbonyl (C=O) groups excluding carboxylic acids is 2. The molecule has 0 unspecified atom stereocenters. The first kappa shape index (κ1) is 21.6. The molecule has 0 N–H and O–H groups in total. The minimum atomic E-state index is -0.425. The SMILES string of the molecule is C=CC(=O)c1ccc(OC(=O)c2ccc3c(c2)Cc2cc(OCCCCC)ccc2-3)cc1. The number of carbonyl (C=O) groups is 2. The Bertz CT molecular complexity index is 1160. The van der Waals surface area contributed by atoms with Crippen LogP contribution in [0.15, 0.2) is 73.3 Å². The summed E-state index contributed by atoms with van der Waals surface area (Å²) in [5.74, 6) is 0.692. The number of rotatable bonds is 9. The van der Waals surface area contributed by atoms with Gasteiger partial charge in [0.05, 0.1) is 12.2 Å². The van der Waals surface area contributed by atoms with Gasteiger partial charge in [-0.25, -0.2) is 4.79 Å². The summed E-state index contributed by atoms with van der Waals surface area (Å²) in [5, 5.41) is 0.